The predicted molar refractivity (Wildman–Crippen MR) is 102 cm³/mol. The largest absolute Gasteiger partial charge is 0.463 e. The van der Waals surface area contributed by atoms with E-state index in [9.17, 15) is 10.1 Å². The molecular formula is C20H24N4O3. The summed E-state index contributed by atoms with van der Waals surface area (Å²) in [5.41, 5.74) is 8.39. The zero-order valence-electron chi connectivity index (χ0n) is 15.6. The van der Waals surface area contributed by atoms with Crippen LogP contribution in [0.25, 0.3) is 0 Å². The molecule has 142 valence electrons. The Hall–Kier alpha value is -2.98. The third-order valence-corrected chi connectivity index (χ3v) is 4.81. The van der Waals surface area contributed by atoms with Crippen LogP contribution in [0.1, 0.15) is 25.3 Å². The quantitative estimate of drug-likeness (QED) is 0.781. The van der Waals surface area contributed by atoms with Gasteiger partial charge in [0.15, 0.2) is 0 Å². The Morgan fingerprint density at radius 3 is 2.78 bits per heavy atom. The molecular weight excluding hydrogens is 344 g/mol. The van der Waals surface area contributed by atoms with Crippen molar-refractivity contribution in [3.8, 4) is 6.07 Å². The minimum Gasteiger partial charge on any atom is -0.463 e. The second kappa shape index (κ2) is 8.14. The molecule has 1 saturated heterocycles. The Labute approximate surface area is 159 Å². The number of benzene rings is 1. The fraction of sp³-hybridized carbons (Fsp3) is 0.400. The Morgan fingerprint density at radius 1 is 1.41 bits per heavy atom. The lowest BCUT2D eigenvalue weighted by molar-refractivity contribution is -0.139. The lowest BCUT2D eigenvalue weighted by atomic mass is 9.82. The fourth-order valence-corrected chi connectivity index (χ4v) is 3.59. The number of hydrogen-bond donors (Lipinski definition) is 2. The van der Waals surface area contributed by atoms with Crippen molar-refractivity contribution in [1.29, 1.82) is 5.26 Å². The van der Waals surface area contributed by atoms with E-state index in [0.29, 0.717) is 11.3 Å². The predicted octanol–water partition coefficient (Wildman–Crippen LogP) is 1.74. The molecule has 1 unspecified atom stereocenters. The first-order valence-corrected chi connectivity index (χ1v) is 9.08. The van der Waals surface area contributed by atoms with Gasteiger partial charge >= 0.3 is 5.97 Å². The van der Waals surface area contributed by atoms with Gasteiger partial charge in [0.05, 0.1) is 18.1 Å². The number of esters is 1. The number of nitriles is 1. The van der Waals surface area contributed by atoms with E-state index < -0.39 is 11.9 Å². The number of rotatable bonds is 4. The third kappa shape index (κ3) is 3.62. The minimum atomic E-state index is -0.617. The zero-order chi connectivity index (χ0) is 19.4. The van der Waals surface area contributed by atoms with E-state index >= 15 is 0 Å². The summed E-state index contributed by atoms with van der Waals surface area (Å²) in [7, 11) is 0. The van der Waals surface area contributed by atoms with E-state index in [1.807, 2.05) is 24.3 Å². The normalized spacial score (nSPS) is 20.2. The van der Waals surface area contributed by atoms with Gasteiger partial charge in [-0.2, -0.15) is 5.26 Å². The smallest absolute Gasteiger partial charge is 0.338 e. The summed E-state index contributed by atoms with van der Waals surface area (Å²) in [5, 5.41) is 13.1. The van der Waals surface area contributed by atoms with E-state index in [1.54, 1.807) is 13.8 Å². The number of piperazine rings is 1. The molecule has 7 heteroatoms. The average molecular weight is 368 g/mol. The van der Waals surface area contributed by atoms with Crippen molar-refractivity contribution >= 4 is 11.7 Å². The van der Waals surface area contributed by atoms with Crippen molar-refractivity contribution in [1.82, 2.24) is 5.32 Å². The molecule has 1 aromatic carbocycles. The molecule has 1 aromatic rings. The molecule has 27 heavy (non-hydrogen) atoms. The van der Waals surface area contributed by atoms with Gasteiger partial charge in [-0.1, -0.05) is 18.2 Å². The van der Waals surface area contributed by atoms with E-state index in [0.717, 1.165) is 37.4 Å². The van der Waals surface area contributed by atoms with Crippen LogP contribution in [0.5, 0.6) is 0 Å². The highest BCUT2D eigenvalue weighted by molar-refractivity contribution is 5.93. The van der Waals surface area contributed by atoms with E-state index in [4.69, 9.17) is 15.2 Å². The van der Waals surface area contributed by atoms with Crippen molar-refractivity contribution in [2.75, 3.05) is 37.7 Å². The van der Waals surface area contributed by atoms with Crippen molar-refractivity contribution in [3.05, 3.63) is 52.6 Å². The first kappa shape index (κ1) is 18.8. The van der Waals surface area contributed by atoms with Crippen LogP contribution < -0.4 is 16.0 Å². The number of nitrogens with one attached hydrogen (secondary N) is 1. The summed E-state index contributed by atoms with van der Waals surface area (Å²) in [6.45, 7) is 7.11. The third-order valence-electron chi connectivity index (χ3n) is 4.81. The number of nitrogens with zero attached hydrogens (tertiary/aromatic N) is 2. The van der Waals surface area contributed by atoms with Gasteiger partial charge in [0.2, 0.25) is 5.88 Å². The highest BCUT2D eigenvalue weighted by atomic mass is 16.5. The van der Waals surface area contributed by atoms with Crippen LogP contribution in [-0.2, 0) is 14.3 Å². The van der Waals surface area contributed by atoms with Crippen molar-refractivity contribution in [2.24, 2.45) is 5.73 Å². The van der Waals surface area contributed by atoms with Gasteiger partial charge in [0.25, 0.3) is 0 Å². The van der Waals surface area contributed by atoms with Crippen molar-refractivity contribution < 1.29 is 14.3 Å². The molecule has 0 bridgehead atoms. The average Bonchev–Trinajstić information content (AvgIpc) is 2.68. The topological polar surface area (TPSA) is 101 Å². The maximum Gasteiger partial charge on any atom is 0.338 e. The molecule has 2 aliphatic heterocycles. The number of carbonyl (C=O) groups excluding carboxylic acids is 1. The number of nitrogens with two attached hydrogens (primary N) is 1. The molecule has 0 radical (unpaired) electrons. The van der Waals surface area contributed by atoms with Crippen LogP contribution in [0.4, 0.5) is 5.69 Å². The summed E-state index contributed by atoms with van der Waals surface area (Å²) < 4.78 is 10.7. The van der Waals surface area contributed by atoms with Gasteiger partial charge in [-0.05, 0) is 25.5 Å². The van der Waals surface area contributed by atoms with Gasteiger partial charge in [0.1, 0.15) is 17.4 Å². The Balaban J connectivity index is 2.14. The Kier molecular flexibility index (Phi) is 5.67. The highest BCUT2D eigenvalue weighted by Gasteiger charge is 2.38. The van der Waals surface area contributed by atoms with Crippen LogP contribution in [0.2, 0.25) is 0 Å². The number of carbonyl (C=O) groups is 1. The summed E-state index contributed by atoms with van der Waals surface area (Å²) in [6.07, 6.45) is 0. The molecule has 0 saturated carbocycles. The molecule has 2 heterocycles. The molecule has 7 nitrogen and oxygen atoms in total. The lowest BCUT2D eigenvalue weighted by Gasteiger charge is -2.34. The first-order valence-electron chi connectivity index (χ1n) is 9.08. The maximum absolute atomic E-state index is 12.7. The van der Waals surface area contributed by atoms with Crippen LogP contribution in [0.3, 0.4) is 0 Å². The van der Waals surface area contributed by atoms with Crippen LogP contribution >= 0.6 is 0 Å². The molecule has 2 aliphatic rings. The number of anilines is 1. The first-order chi connectivity index (χ1) is 13.1. The van der Waals surface area contributed by atoms with Crippen LogP contribution in [-0.4, -0.2) is 38.8 Å². The molecule has 0 aromatic heterocycles. The SMILES string of the molecule is CCOC(=O)C1=C(C)OC(N)=C(C#N)C1c1ccccc1N1CCNCC1. The fourth-order valence-electron chi connectivity index (χ4n) is 3.59. The van der Waals surface area contributed by atoms with E-state index in [-0.39, 0.29) is 18.1 Å². The van der Waals surface area contributed by atoms with Gasteiger partial charge in [-0.15, -0.1) is 0 Å². The zero-order valence-corrected chi connectivity index (χ0v) is 15.6. The molecule has 0 aliphatic carbocycles. The molecule has 1 fully saturated rings. The number of hydrogen-bond acceptors (Lipinski definition) is 7. The van der Waals surface area contributed by atoms with Gasteiger partial charge in [0, 0.05) is 31.9 Å². The molecule has 3 rings (SSSR count). The molecule has 0 amide bonds. The van der Waals surface area contributed by atoms with Crippen molar-refractivity contribution in [2.45, 2.75) is 19.8 Å². The number of para-hydroxylation sites is 1. The standard InChI is InChI=1S/C20H24N4O3/c1-3-26-20(25)17-13(2)27-19(22)15(12-21)18(17)14-6-4-5-7-16(14)24-10-8-23-9-11-24/h4-7,18,23H,3,8-11,22H2,1-2H3. The molecule has 1 atom stereocenters. The van der Waals surface area contributed by atoms with Gasteiger partial charge in [-0.3, -0.25) is 0 Å². The second-order valence-electron chi connectivity index (χ2n) is 6.41. The van der Waals surface area contributed by atoms with E-state index in [1.165, 1.54) is 0 Å². The molecule has 3 N–H and O–H groups in total. The van der Waals surface area contributed by atoms with Gasteiger partial charge in [-0.25, -0.2) is 4.79 Å². The number of ether oxygens (including phenoxy) is 2. The monoisotopic (exact) mass is 368 g/mol. The summed E-state index contributed by atoms with van der Waals surface area (Å²) in [5.74, 6) is -0.711. The summed E-state index contributed by atoms with van der Waals surface area (Å²) in [4.78, 5) is 14.9. The highest BCUT2D eigenvalue weighted by Crippen LogP contribution is 2.43. The van der Waals surface area contributed by atoms with E-state index in [2.05, 4.69) is 16.3 Å². The minimum absolute atomic E-state index is 0.0307. The van der Waals surface area contributed by atoms with Crippen LogP contribution in [0.15, 0.2) is 47.1 Å². The summed E-state index contributed by atoms with van der Waals surface area (Å²) in [6, 6.07) is 9.95. The lowest BCUT2D eigenvalue weighted by Crippen LogP contribution is -2.44. The second-order valence-corrected chi connectivity index (χ2v) is 6.41. The van der Waals surface area contributed by atoms with Gasteiger partial charge < -0.3 is 25.4 Å². The summed E-state index contributed by atoms with van der Waals surface area (Å²) >= 11 is 0. The number of allylic oxidation sites excluding steroid dienone is 2. The maximum atomic E-state index is 12.7. The Bertz CT molecular complexity index is 832. The van der Waals surface area contributed by atoms with Crippen LogP contribution in [0, 0.1) is 11.3 Å². The Morgan fingerprint density at radius 2 is 2.11 bits per heavy atom. The molecule has 0 spiro atoms. The van der Waals surface area contributed by atoms with Crippen molar-refractivity contribution in [3.63, 3.8) is 0 Å².